The van der Waals surface area contributed by atoms with Gasteiger partial charge in [-0.15, -0.1) is 0 Å². The van der Waals surface area contributed by atoms with Crippen molar-refractivity contribution in [2.24, 2.45) is 5.92 Å². The monoisotopic (exact) mass is 586 g/mol. The molecule has 0 saturated carbocycles. The molecule has 0 spiro atoms. The highest BCUT2D eigenvalue weighted by atomic mass is 16.5. The van der Waals surface area contributed by atoms with Gasteiger partial charge in [-0.3, -0.25) is 4.90 Å². The highest BCUT2D eigenvalue weighted by Gasteiger charge is 2.42. The summed E-state index contributed by atoms with van der Waals surface area (Å²) in [6.07, 6.45) is 5.55. The van der Waals surface area contributed by atoms with Crippen LogP contribution >= 0.6 is 0 Å². The number of ether oxygens (including phenoxy) is 5. The van der Waals surface area contributed by atoms with Gasteiger partial charge in [0.25, 0.3) is 0 Å². The third-order valence-corrected chi connectivity index (χ3v) is 9.09. The van der Waals surface area contributed by atoms with Crippen LogP contribution in [0.25, 0.3) is 6.08 Å². The predicted molar refractivity (Wildman–Crippen MR) is 172 cm³/mol. The first-order valence-electron chi connectivity index (χ1n) is 15.2. The van der Waals surface area contributed by atoms with Gasteiger partial charge in [0.05, 0.1) is 35.0 Å². The molecule has 0 amide bonds. The number of hydrogen-bond acceptors (Lipinski definition) is 7. The van der Waals surface area contributed by atoms with Gasteiger partial charge < -0.3 is 28.6 Å². The highest BCUT2D eigenvalue weighted by molar-refractivity contribution is 5.57. The zero-order valence-corrected chi connectivity index (χ0v) is 26.3. The number of benzene rings is 3. The van der Waals surface area contributed by atoms with Crippen molar-refractivity contribution in [1.82, 2.24) is 9.80 Å². The van der Waals surface area contributed by atoms with E-state index < -0.39 is 0 Å². The summed E-state index contributed by atoms with van der Waals surface area (Å²) in [4.78, 5) is 5.16. The topological polar surface area (TPSA) is 52.6 Å². The number of rotatable bonds is 13. The van der Waals surface area contributed by atoms with Crippen molar-refractivity contribution in [3.8, 4) is 23.0 Å². The van der Waals surface area contributed by atoms with E-state index in [1.807, 2.05) is 6.07 Å². The van der Waals surface area contributed by atoms with Crippen LogP contribution < -0.4 is 18.9 Å². The Morgan fingerprint density at radius 3 is 1.98 bits per heavy atom. The van der Waals surface area contributed by atoms with Gasteiger partial charge in [0.1, 0.15) is 0 Å². The molecule has 2 aliphatic rings. The normalized spacial score (nSPS) is 20.7. The molecule has 0 radical (unpaired) electrons. The average molecular weight is 587 g/mol. The fourth-order valence-electron chi connectivity index (χ4n) is 6.86. The summed E-state index contributed by atoms with van der Waals surface area (Å²) >= 11 is 0. The molecule has 7 heteroatoms. The van der Waals surface area contributed by atoms with Gasteiger partial charge in [-0.2, -0.15) is 0 Å². The largest absolute Gasteiger partial charge is 0.493 e. The minimum atomic E-state index is 0.132. The summed E-state index contributed by atoms with van der Waals surface area (Å²) in [5.41, 5.74) is 5.04. The van der Waals surface area contributed by atoms with Crippen LogP contribution in [-0.4, -0.2) is 91.2 Å². The van der Waals surface area contributed by atoms with E-state index in [0.717, 1.165) is 68.7 Å². The molecule has 1 heterocycles. The standard InChI is InChI=1S/C36H46N2O5/c1-39-25-31-28(15-17-38-20-18-37(19-21-38)16-9-12-26-10-7-6-8-11-26)29-23-34(42-4)35(43-5)24-30(29)36(31)27-13-14-32(40-2)33(22-27)41-3/h6-14,22-24,28,31,36H,15-21,25H2,1-5H3. The molecule has 1 aliphatic carbocycles. The van der Waals surface area contributed by atoms with Crippen LogP contribution in [0.1, 0.15) is 40.5 Å². The van der Waals surface area contributed by atoms with Crippen LogP contribution in [0, 0.1) is 5.92 Å². The third kappa shape index (κ3) is 7.01. The summed E-state index contributed by atoms with van der Waals surface area (Å²) in [6, 6.07) is 21.1. The Kier molecular flexibility index (Phi) is 10.6. The molecule has 1 aliphatic heterocycles. The minimum Gasteiger partial charge on any atom is -0.493 e. The molecule has 7 nitrogen and oxygen atoms in total. The second-order valence-electron chi connectivity index (χ2n) is 11.4. The van der Waals surface area contributed by atoms with E-state index in [1.54, 1.807) is 35.5 Å². The Balaban J connectivity index is 1.33. The van der Waals surface area contributed by atoms with Gasteiger partial charge in [0, 0.05) is 51.7 Å². The average Bonchev–Trinajstić information content (AvgIpc) is 3.35. The fraction of sp³-hybridized carbons (Fsp3) is 0.444. The summed E-state index contributed by atoms with van der Waals surface area (Å²) in [7, 11) is 8.57. The summed E-state index contributed by atoms with van der Waals surface area (Å²) in [5, 5.41) is 0. The summed E-state index contributed by atoms with van der Waals surface area (Å²) in [5.74, 6) is 3.70. The SMILES string of the molecule is COCC1C(CCN2CCN(CC=Cc3ccccc3)CC2)c2cc(OC)c(OC)cc2C1c1ccc(OC)c(OC)c1. The van der Waals surface area contributed by atoms with Crippen LogP contribution in [0.15, 0.2) is 66.7 Å². The van der Waals surface area contributed by atoms with Crippen molar-refractivity contribution in [3.63, 3.8) is 0 Å². The van der Waals surface area contributed by atoms with Crippen molar-refractivity contribution in [1.29, 1.82) is 0 Å². The fourth-order valence-corrected chi connectivity index (χ4v) is 6.86. The van der Waals surface area contributed by atoms with Crippen molar-refractivity contribution >= 4 is 6.08 Å². The number of nitrogens with zero attached hydrogens (tertiary/aromatic N) is 2. The Hall–Kier alpha value is -3.52. The van der Waals surface area contributed by atoms with Crippen molar-refractivity contribution in [3.05, 3.63) is 89.0 Å². The van der Waals surface area contributed by atoms with Gasteiger partial charge in [-0.25, -0.2) is 0 Å². The van der Waals surface area contributed by atoms with Gasteiger partial charge in [-0.05, 0) is 65.4 Å². The molecule has 0 N–H and O–H groups in total. The van der Waals surface area contributed by atoms with Crippen molar-refractivity contribution in [2.75, 3.05) is 81.4 Å². The molecule has 0 bridgehead atoms. The highest BCUT2D eigenvalue weighted by Crippen LogP contribution is 2.54. The minimum absolute atomic E-state index is 0.132. The number of hydrogen-bond donors (Lipinski definition) is 0. The zero-order valence-electron chi connectivity index (χ0n) is 26.3. The van der Waals surface area contributed by atoms with Gasteiger partial charge in [0.2, 0.25) is 0 Å². The van der Waals surface area contributed by atoms with E-state index in [4.69, 9.17) is 23.7 Å². The van der Waals surface area contributed by atoms with Gasteiger partial charge >= 0.3 is 0 Å². The molecule has 1 fully saturated rings. The first kappa shape index (κ1) is 30.9. The lowest BCUT2D eigenvalue weighted by Crippen LogP contribution is -2.46. The molecule has 3 unspecified atom stereocenters. The second-order valence-corrected chi connectivity index (χ2v) is 11.4. The zero-order chi connectivity index (χ0) is 30.2. The Morgan fingerprint density at radius 2 is 1.33 bits per heavy atom. The third-order valence-electron chi connectivity index (χ3n) is 9.09. The van der Waals surface area contributed by atoms with Crippen LogP contribution in [0.4, 0.5) is 0 Å². The maximum atomic E-state index is 5.88. The van der Waals surface area contributed by atoms with Crippen molar-refractivity contribution in [2.45, 2.75) is 18.3 Å². The first-order valence-corrected chi connectivity index (χ1v) is 15.2. The van der Waals surface area contributed by atoms with Crippen LogP contribution in [0.2, 0.25) is 0 Å². The molecule has 1 saturated heterocycles. The number of methoxy groups -OCH3 is 5. The quantitative estimate of drug-likeness (QED) is 0.246. The molecule has 0 aromatic heterocycles. The van der Waals surface area contributed by atoms with E-state index in [9.17, 15) is 0 Å². The first-order chi connectivity index (χ1) is 21.1. The Bertz CT molecular complexity index is 1350. The van der Waals surface area contributed by atoms with Crippen molar-refractivity contribution < 1.29 is 23.7 Å². The van der Waals surface area contributed by atoms with Gasteiger partial charge in [0.15, 0.2) is 23.0 Å². The lowest BCUT2D eigenvalue weighted by Gasteiger charge is -2.35. The maximum absolute atomic E-state index is 5.88. The van der Waals surface area contributed by atoms with E-state index in [-0.39, 0.29) is 11.8 Å². The van der Waals surface area contributed by atoms with Crippen LogP contribution in [0.3, 0.4) is 0 Å². The smallest absolute Gasteiger partial charge is 0.161 e. The maximum Gasteiger partial charge on any atom is 0.161 e. The molecule has 5 rings (SSSR count). The lowest BCUT2D eigenvalue weighted by molar-refractivity contribution is 0.117. The van der Waals surface area contributed by atoms with E-state index in [0.29, 0.717) is 12.5 Å². The summed E-state index contributed by atoms with van der Waals surface area (Å²) < 4.78 is 28.6. The molecule has 3 aromatic carbocycles. The Labute approximate surface area is 257 Å². The molecular weight excluding hydrogens is 540 g/mol. The molecule has 43 heavy (non-hydrogen) atoms. The van der Waals surface area contributed by atoms with E-state index in [2.05, 4.69) is 76.5 Å². The van der Waals surface area contributed by atoms with Crippen LogP contribution in [-0.2, 0) is 4.74 Å². The number of fused-ring (bicyclic) bond motifs is 1. The predicted octanol–water partition coefficient (Wildman–Crippen LogP) is 5.93. The number of piperazine rings is 1. The molecular formula is C36H46N2O5. The second kappa shape index (κ2) is 14.8. The lowest BCUT2D eigenvalue weighted by atomic mass is 9.81. The molecule has 3 aromatic rings. The Morgan fingerprint density at radius 1 is 0.698 bits per heavy atom. The van der Waals surface area contributed by atoms with E-state index >= 15 is 0 Å². The molecule has 230 valence electrons. The van der Waals surface area contributed by atoms with Crippen LogP contribution in [0.5, 0.6) is 23.0 Å². The van der Waals surface area contributed by atoms with E-state index in [1.165, 1.54) is 22.3 Å². The summed E-state index contributed by atoms with van der Waals surface area (Å²) in [6.45, 7) is 7.03. The molecule has 3 atom stereocenters. The van der Waals surface area contributed by atoms with Gasteiger partial charge in [-0.1, -0.05) is 48.6 Å².